The van der Waals surface area contributed by atoms with Crippen molar-refractivity contribution in [1.29, 1.82) is 0 Å². The molecule has 0 spiro atoms. The predicted octanol–water partition coefficient (Wildman–Crippen LogP) is 8.33. The average Bonchev–Trinajstić information content (AvgIpc) is 3.41. The fourth-order valence-corrected chi connectivity index (χ4v) is 8.06. The number of aryl methyl sites for hydroxylation is 1. The summed E-state index contributed by atoms with van der Waals surface area (Å²) in [6.07, 6.45) is 11.0. The SMILES string of the molecule is C/C(=C/C(C)(C)C)C1=CC2=C(c3ccccc3C(=O)O)c3cc4c(cc3C(C)(C)C2=CC1=NCCCCCC(=O)ON1C(=O)CCC1=O)N(C)CCC4. The van der Waals surface area contributed by atoms with Crippen LogP contribution in [-0.4, -0.2) is 59.8 Å². The Morgan fingerprint density at radius 3 is 2.40 bits per heavy atom. The largest absolute Gasteiger partial charge is 0.478 e. The van der Waals surface area contributed by atoms with Crippen LogP contribution in [0.3, 0.4) is 0 Å². The number of rotatable bonds is 10. The van der Waals surface area contributed by atoms with Crippen LogP contribution in [0.15, 0.2) is 81.9 Å². The molecule has 1 N–H and O–H groups in total. The first-order chi connectivity index (χ1) is 25.1. The summed E-state index contributed by atoms with van der Waals surface area (Å²) >= 11 is 0. The van der Waals surface area contributed by atoms with Crippen LogP contribution in [0.4, 0.5) is 5.69 Å². The van der Waals surface area contributed by atoms with Gasteiger partial charge in [-0.05, 0) is 113 Å². The van der Waals surface area contributed by atoms with Gasteiger partial charge in [-0.25, -0.2) is 9.59 Å². The summed E-state index contributed by atoms with van der Waals surface area (Å²) in [5.41, 5.74) is 11.2. The Morgan fingerprint density at radius 2 is 1.70 bits per heavy atom. The van der Waals surface area contributed by atoms with E-state index in [1.165, 1.54) is 11.3 Å². The second-order valence-electron chi connectivity index (χ2n) is 16.2. The lowest BCUT2D eigenvalue weighted by Gasteiger charge is -2.42. The molecule has 0 radical (unpaired) electrons. The lowest BCUT2D eigenvalue weighted by Crippen LogP contribution is -2.32. The van der Waals surface area contributed by atoms with Gasteiger partial charge in [0, 0.05) is 56.1 Å². The van der Waals surface area contributed by atoms with Crippen LogP contribution in [0, 0.1) is 5.41 Å². The van der Waals surface area contributed by atoms with Gasteiger partial charge in [-0.1, -0.05) is 65.3 Å². The van der Waals surface area contributed by atoms with E-state index < -0.39 is 29.2 Å². The molecule has 0 unspecified atom stereocenters. The van der Waals surface area contributed by atoms with Crippen LogP contribution in [0.25, 0.3) is 5.57 Å². The normalized spacial score (nSPS) is 19.2. The minimum absolute atomic E-state index is 0.0701. The molecule has 9 heteroatoms. The third-order valence-electron chi connectivity index (χ3n) is 10.6. The number of aromatic carboxylic acids is 1. The van der Waals surface area contributed by atoms with Gasteiger partial charge in [0.1, 0.15) is 0 Å². The zero-order valence-corrected chi connectivity index (χ0v) is 32.1. The van der Waals surface area contributed by atoms with Gasteiger partial charge in [0.25, 0.3) is 11.8 Å². The Bertz CT molecular complexity index is 2020. The molecule has 0 aromatic heterocycles. The molecule has 0 bridgehead atoms. The van der Waals surface area contributed by atoms with E-state index in [2.05, 4.69) is 83.9 Å². The molecular weight excluding hydrogens is 666 g/mol. The number of hydroxylamine groups is 2. The second-order valence-corrected chi connectivity index (χ2v) is 16.2. The minimum Gasteiger partial charge on any atom is -0.478 e. The van der Waals surface area contributed by atoms with Gasteiger partial charge in [-0.2, -0.15) is 0 Å². The van der Waals surface area contributed by atoms with Gasteiger partial charge in [0.15, 0.2) is 0 Å². The van der Waals surface area contributed by atoms with Crippen LogP contribution < -0.4 is 4.90 Å². The van der Waals surface area contributed by atoms with Crippen molar-refractivity contribution in [3.63, 3.8) is 0 Å². The topological polar surface area (TPSA) is 117 Å². The molecule has 4 aliphatic rings. The first kappa shape index (κ1) is 37.7. The van der Waals surface area contributed by atoms with Crippen molar-refractivity contribution in [2.24, 2.45) is 10.4 Å². The quantitative estimate of drug-likeness (QED) is 0.194. The number of amides is 2. The van der Waals surface area contributed by atoms with E-state index in [1.807, 2.05) is 12.1 Å². The van der Waals surface area contributed by atoms with E-state index >= 15 is 0 Å². The van der Waals surface area contributed by atoms with Gasteiger partial charge < -0.3 is 14.8 Å². The standard InChI is InChI=1S/C44H51N3O6/c1-27(26-43(2,3)4)31-23-33-34(24-36(31)45-20-12-8-9-17-40(50)53-47-38(48)18-19-39(47)49)44(5,6)35-25-37-28(14-13-21-46(37)7)22-32(35)41(33)29-15-10-11-16-30(29)42(51)52/h10-11,15-16,22-26H,8-9,12-14,17-21H2,1-7H3,(H,51,52)/b27-26-,45-36?. The fraction of sp³-hybridized carbons (Fsp3) is 0.432. The highest BCUT2D eigenvalue weighted by atomic mass is 16.7. The molecule has 0 atom stereocenters. The van der Waals surface area contributed by atoms with Crippen LogP contribution in [0.2, 0.25) is 0 Å². The summed E-state index contributed by atoms with van der Waals surface area (Å²) in [6, 6.07) is 12.0. The van der Waals surface area contributed by atoms with Crippen LogP contribution in [0.5, 0.6) is 0 Å². The predicted molar refractivity (Wildman–Crippen MR) is 208 cm³/mol. The van der Waals surface area contributed by atoms with E-state index in [9.17, 15) is 24.3 Å². The highest BCUT2D eigenvalue weighted by molar-refractivity contribution is 6.16. The summed E-state index contributed by atoms with van der Waals surface area (Å²) in [4.78, 5) is 61.1. The van der Waals surface area contributed by atoms with E-state index in [0.717, 1.165) is 76.9 Å². The summed E-state index contributed by atoms with van der Waals surface area (Å²) in [7, 11) is 2.14. The lowest BCUT2D eigenvalue weighted by molar-refractivity contribution is -0.197. The number of allylic oxidation sites excluding steroid dienone is 7. The number of fused-ring (bicyclic) bond motifs is 3. The highest BCUT2D eigenvalue weighted by Gasteiger charge is 2.41. The molecule has 2 heterocycles. The van der Waals surface area contributed by atoms with Crippen LogP contribution in [-0.2, 0) is 31.1 Å². The van der Waals surface area contributed by atoms with E-state index in [4.69, 9.17) is 9.83 Å². The van der Waals surface area contributed by atoms with Crippen molar-refractivity contribution < 1.29 is 29.1 Å². The van der Waals surface area contributed by atoms with Crippen molar-refractivity contribution in [2.45, 2.75) is 98.3 Å². The molecule has 2 amide bonds. The van der Waals surface area contributed by atoms with Crippen LogP contribution >= 0.6 is 0 Å². The van der Waals surface area contributed by atoms with Crippen molar-refractivity contribution in [3.05, 3.63) is 105 Å². The molecule has 2 aromatic carbocycles. The van der Waals surface area contributed by atoms with Crippen molar-refractivity contribution in [3.8, 4) is 0 Å². The number of imide groups is 1. The van der Waals surface area contributed by atoms with E-state index in [0.29, 0.717) is 23.6 Å². The summed E-state index contributed by atoms with van der Waals surface area (Å²) in [6.45, 7) is 14.7. The molecule has 9 nitrogen and oxygen atoms in total. The van der Waals surface area contributed by atoms with E-state index in [1.54, 1.807) is 12.1 Å². The molecule has 278 valence electrons. The van der Waals surface area contributed by atoms with Crippen molar-refractivity contribution in [2.75, 3.05) is 25.0 Å². The number of hydrogen-bond donors (Lipinski definition) is 1. The van der Waals surface area contributed by atoms with Crippen molar-refractivity contribution in [1.82, 2.24) is 5.06 Å². The molecule has 0 saturated carbocycles. The summed E-state index contributed by atoms with van der Waals surface area (Å²) in [5.74, 6) is -2.50. The monoisotopic (exact) mass is 717 g/mol. The fourth-order valence-electron chi connectivity index (χ4n) is 8.06. The third-order valence-corrected chi connectivity index (χ3v) is 10.6. The maximum absolute atomic E-state index is 12.7. The number of hydrogen-bond acceptors (Lipinski definition) is 7. The number of carboxylic acid groups (broad SMARTS) is 1. The first-order valence-corrected chi connectivity index (χ1v) is 18.8. The number of anilines is 1. The molecule has 1 fully saturated rings. The molecule has 53 heavy (non-hydrogen) atoms. The van der Waals surface area contributed by atoms with Gasteiger partial charge >= 0.3 is 11.9 Å². The Hall–Kier alpha value is -5.05. The number of carbonyl (C=O) groups is 4. The number of carboxylic acids is 1. The number of aliphatic imine (C=N–C) groups is 1. The van der Waals surface area contributed by atoms with E-state index in [-0.39, 0.29) is 30.2 Å². The molecule has 1 saturated heterocycles. The summed E-state index contributed by atoms with van der Waals surface area (Å²) < 4.78 is 0. The zero-order valence-electron chi connectivity index (χ0n) is 32.1. The Labute approximate surface area is 312 Å². The molecule has 6 rings (SSSR count). The molecule has 2 aliphatic heterocycles. The average molecular weight is 718 g/mol. The smallest absolute Gasteiger partial charge is 0.336 e. The first-order valence-electron chi connectivity index (χ1n) is 18.8. The van der Waals surface area contributed by atoms with Gasteiger partial charge in [-0.3, -0.25) is 14.6 Å². The summed E-state index contributed by atoms with van der Waals surface area (Å²) in [5, 5.41) is 11.0. The Morgan fingerprint density at radius 1 is 0.981 bits per heavy atom. The lowest BCUT2D eigenvalue weighted by atomic mass is 9.62. The minimum atomic E-state index is -0.958. The zero-order chi connectivity index (χ0) is 38.2. The number of nitrogens with zero attached hydrogens (tertiary/aromatic N) is 3. The highest BCUT2D eigenvalue weighted by Crippen LogP contribution is 2.53. The van der Waals surface area contributed by atoms with Gasteiger partial charge in [-0.15, -0.1) is 5.06 Å². The van der Waals surface area contributed by atoms with Crippen molar-refractivity contribution >= 4 is 40.7 Å². The number of carbonyl (C=O) groups excluding carboxylic acids is 3. The van der Waals surface area contributed by atoms with Gasteiger partial charge in [0.05, 0.1) is 11.3 Å². The van der Waals surface area contributed by atoms with Crippen LogP contribution in [0.1, 0.15) is 119 Å². The van der Waals surface area contributed by atoms with Gasteiger partial charge in [0.2, 0.25) is 0 Å². The number of unbranched alkanes of at least 4 members (excludes halogenated alkanes) is 2. The molecule has 2 aliphatic carbocycles. The maximum atomic E-state index is 12.7. The molecule has 2 aromatic rings. The maximum Gasteiger partial charge on any atom is 0.336 e. The number of benzene rings is 2. The second kappa shape index (κ2) is 14.8. The Kier molecular flexibility index (Phi) is 10.5. The molecular formula is C44H51N3O6. The third kappa shape index (κ3) is 7.71. The Balaban J connectivity index is 1.40.